The van der Waals surface area contributed by atoms with Gasteiger partial charge in [0.25, 0.3) is 5.91 Å². The molecule has 0 spiro atoms. The van der Waals surface area contributed by atoms with Gasteiger partial charge in [-0.05, 0) is 24.3 Å². The third kappa shape index (κ3) is 4.37. The minimum Gasteiger partial charge on any atom is -0.484 e. The third-order valence-electron chi connectivity index (χ3n) is 3.06. The zero-order valence-corrected chi connectivity index (χ0v) is 13.1. The first-order valence-electron chi connectivity index (χ1n) is 7.10. The number of rotatable bonds is 6. The van der Waals surface area contributed by atoms with Crippen LogP contribution >= 0.6 is 11.3 Å². The number of benzene rings is 1. The number of hydrogen-bond donors (Lipinski definition) is 1. The van der Waals surface area contributed by atoms with Crippen LogP contribution in [0.4, 0.5) is 0 Å². The van der Waals surface area contributed by atoms with E-state index in [0.29, 0.717) is 12.3 Å². The molecule has 0 saturated heterocycles. The van der Waals surface area contributed by atoms with Crippen molar-refractivity contribution in [2.75, 3.05) is 6.61 Å². The zero-order valence-electron chi connectivity index (χ0n) is 12.3. The Labute approximate surface area is 138 Å². The molecule has 1 N–H and O–H groups in total. The Bertz CT molecular complexity index is 760. The molecular weight excluding hydrogens is 310 g/mol. The van der Waals surface area contributed by atoms with Gasteiger partial charge in [-0.2, -0.15) is 0 Å². The fourth-order valence-electron chi connectivity index (χ4n) is 1.92. The number of nitrogens with zero attached hydrogens (tertiary/aromatic N) is 2. The Morgan fingerprint density at radius 3 is 2.70 bits per heavy atom. The lowest BCUT2D eigenvalue weighted by Crippen LogP contribution is -2.28. The van der Waals surface area contributed by atoms with E-state index in [1.54, 1.807) is 23.7 Å². The van der Waals surface area contributed by atoms with Crippen LogP contribution in [-0.4, -0.2) is 22.5 Å². The van der Waals surface area contributed by atoms with E-state index in [1.807, 2.05) is 47.8 Å². The highest BCUT2D eigenvalue weighted by atomic mass is 32.1. The van der Waals surface area contributed by atoms with Crippen molar-refractivity contribution >= 4 is 17.2 Å². The molecule has 23 heavy (non-hydrogen) atoms. The Kier molecular flexibility index (Phi) is 4.95. The van der Waals surface area contributed by atoms with Crippen molar-refractivity contribution in [2.45, 2.75) is 6.54 Å². The second-order valence-electron chi connectivity index (χ2n) is 4.76. The standard InChI is InChI=1S/C17H15N3O2S/c21-16(11-22-15-4-2-1-3-5-15)19-10-14-12-23-17(20-14)13-6-8-18-9-7-13/h1-9,12H,10-11H2,(H,19,21). The lowest BCUT2D eigenvalue weighted by Gasteiger charge is -2.06. The monoisotopic (exact) mass is 325 g/mol. The summed E-state index contributed by atoms with van der Waals surface area (Å²) in [6, 6.07) is 13.1. The van der Waals surface area contributed by atoms with Gasteiger partial charge in [-0.25, -0.2) is 4.98 Å². The molecule has 0 fully saturated rings. The molecule has 1 aromatic carbocycles. The molecule has 3 rings (SSSR count). The molecule has 6 heteroatoms. The molecule has 3 aromatic rings. The molecule has 2 aromatic heterocycles. The van der Waals surface area contributed by atoms with Gasteiger partial charge in [-0.15, -0.1) is 11.3 Å². The van der Waals surface area contributed by atoms with Gasteiger partial charge in [0.2, 0.25) is 0 Å². The number of pyridine rings is 1. The van der Waals surface area contributed by atoms with Gasteiger partial charge in [0.15, 0.2) is 6.61 Å². The lowest BCUT2D eigenvalue weighted by molar-refractivity contribution is -0.123. The predicted octanol–water partition coefficient (Wildman–Crippen LogP) is 2.90. The van der Waals surface area contributed by atoms with E-state index in [0.717, 1.165) is 16.3 Å². The van der Waals surface area contributed by atoms with E-state index in [-0.39, 0.29) is 12.5 Å². The van der Waals surface area contributed by atoms with Crippen LogP contribution in [0.1, 0.15) is 5.69 Å². The molecule has 0 saturated carbocycles. The van der Waals surface area contributed by atoms with Crippen LogP contribution in [0.5, 0.6) is 5.75 Å². The molecule has 0 aliphatic heterocycles. The molecule has 5 nitrogen and oxygen atoms in total. The number of nitrogens with one attached hydrogen (secondary N) is 1. The first-order chi connectivity index (χ1) is 11.3. The fraction of sp³-hybridized carbons (Fsp3) is 0.118. The highest BCUT2D eigenvalue weighted by molar-refractivity contribution is 7.13. The van der Waals surface area contributed by atoms with E-state index in [1.165, 1.54) is 0 Å². The molecular formula is C17H15N3O2S. The maximum absolute atomic E-state index is 11.8. The Morgan fingerprint density at radius 1 is 1.13 bits per heavy atom. The Morgan fingerprint density at radius 2 is 1.91 bits per heavy atom. The Hall–Kier alpha value is -2.73. The number of amides is 1. The second-order valence-corrected chi connectivity index (χ2v) is 5.62. The number of hydrogen-bond acceptors (Lipinski definition) is 5. The van der Waals surface area contributed by atoms with Crippen LogP contribution < -0.4 is 10.1 Å². The van der Waals surface area contributed by atoms with Gasteiger partial charge in [0, 0.05) is 23.3 Å². The van der Waals surface area contributed by atoms with Crippen molar-refractivity contribution in [1.82, 2.24) is 15.3 Å². The van der Waals surface area contributed by atoms with Crippen molar-refractivity contribution in [1.29, 1.82) is 0 Å². The summed E-state index contributed by atoms with van der Waals surface area (Å²) in [5.41, 5.74) is 1.85. The van der Waals surface area contributed by atoms with Crippen molar-refractivity contribution in [3.8, 4) is 16.3 Å². The summed E-state index contributed by atoms with van der Waals surface area (Å²) < 4.78 is 5.39. The number of thiazole rings is 1. The average Bonchev–Trinajstić information content (AvgIpc) is 3.09. The van der Waals surface area contributed by atoms with E-state index in [9.17, 15) is 4.79 Å². The number of carbonyl (C=O) groups excluding carboxylic acids is 1. The van der Waals surface area contributed by atoms with Crippen molar-refractivity contribution < 1.29 is 9.53 Å². The molecule has 116 valence electrons. The van der Waals surface area contributed by atoms with Crippen molar-refractivity contribution in [2.24, 2.45) is 0 Å². The number of aromatic nitrogens is 2. The average molecular weight is 325 g/mol. The summed E-state index contributed by atoms with van der Waals surface area (Å²) in [7, 11) is 0. The van der Waals surface area contributed by atoms with Gasteiger partial charge in [0.05, 0.1) is 12.2 Å². The van der Waals surface area contributed by atoms with E-state index in [2.05, 4.69) is 15.3 Å². The smallest absolute Gasteiger partial charge is 0.258 e. The minimum atomic E-state index is -0.174. The molecule has 0 bridgehead atoms. The van der Waals surface area contributed by atoms with Gasteiger partial charge in [-0.3, -0.25) is 9.78 Å². The minimum absolute atomic E-state index is 0.00857. The maximum Gasteiger partial charge on any atom is 0.258 e. The van der Waals surface area contributed by atoms with Crippen LogP contribution in [0, 0.1) is 0 Å². The first kappa shape index (κ1) is 15.2. The summed E-state index contributed by atoms with van der Waals surface area (Å²) in [6.45, 7) is 0.379. The summed E-state index contributed by atoms with van der Waals surface area (Å²) in [4.78, 5) is 20.3. The predicted molar refractivity (Wildman–Crippen MR) is 89.1 cm³/mol. The summed E-state index contributed by atoms with van der Waals surface area (Å²) in [5, 5.41) is 5.65. The van der Waals surface area contributed by atoms with Crippen LogP contribution in [0.25, 0.3) is 10.6 Å². The normalized spacial score (nSPS) is 10.3. The molecule has 1 amide bonds. The van der Waals surface area contributed by atoms with E-state index >= 15 is 0 Å². The van der Waals surface area contributed by atoms with Crippen molar-refractivity contribution in [3.05, 3.63) is 65.9 Å². The number of ether oxygens (including phenoxy) is 1. The summed E-state index contributed by atoms with van der Waals surface area (Å²) in [6.07, 6.45) is 3.47. The Balaban J connectivity index is 1.49. The summed E-state index contributed by atoms with van der Waals surface area (Å²) in [5.74, 6) is 0.503. The fourth-order valence-corrected chi connectivity index (χ4v) is 2.75. The van der Waals surface area contributed by atoms with E-state index in [4.69, 9.17) is 4.74 Å². The van der Waals surface area contributed by atoms with Crippen LogP contribution in [0.3, 0.4) is 0 Å². The van der Waals surface area contributed by atoms with Gasteiger partial charge >= 0.3 is 0 Å². The number of carbonyl (C=O) groups is 1. The lowest BCUT2D eigenvalue weighted by atomic mass is 10.3. The van der Waals surface area contributed by atoms with Gasteiger partial charge in [-0.1, -0.05) is 18.2 Å². The van der Waals surface area contributed by atoms with Gasteiger partial charge in [0.1, 0.15) is 10.8 Å². The second kappa shape index (κ2) is 7.51. The quantitative estimate of drug-likeness (QED) is 0.757. The van der Waals surface area contributed by atoms with Crippen LogP contribution in [-0.2, 0) is 11.3 Å². The molecule has 0 aliphatic rings. The summed E-state index contributed by atoms with van der Waals surface area (Å²) >= 11 is 1.54. The largest absolute Gasteiger partial charge is 0.484 e. The molecule has 0 radical (unpaired) electrons. The number of para-hydroxylation sites is 1. The maximum atomic E-state index is 11.8. The van der Waals surface area contributed by atoms with Crippen LogP contribution in [0.2, 0.25) is 0 Å². The molecule has 2 heterocycles. The SMILES string of the molecule is O=C(COc1ccccc1)NCc1csc(-c2ccncc2)n1. The highest BCUT2D eigenvalue weighted by Crippen LogP contribution is 2.22. The molecule has 0 atom stereocenters. The highest BCUT2D eigenvalue weighted by Gasteiger charge is 2.07. The topological polar surface area (TPSA) is 64.1 Å². The molecule has 0 aliphatic carbocycles. The van der Waals surface area contributed by atoms with Gasteiger partial charge < -0.3 is 10.1 Å². The first-order valence-corrected chi connectivity index (χ1v) is 7.98. The van der Waals surface area contributed by atoms with E-state index < -0.39 is 0 Å². The zero-order chi connectivity index (χ0) is 15.9. The van der Waals surface area contributed by atoms with Crippen LogP contribution in [0.15, 0.2) is 60.2 Å². The third-order valence-corrected chi connectivity index (χ3v) is 4.00. The molecule has 0 unspecified atom stereocenters. The van der Waals surface area contributed by atoms with Crippen molar-refractivity contribution in [3.63, 3.8) is 0 Å².